The number of pyridine rings is 1. The molecule has 9 rings (SSSR count). The third-order valence-electron chi connectivity index (χ3n) is 9.02. The number of benzene rings is 6. The van der Waals surface area contributed by atoms with Gasteiger partial charge in [0.2, 0.25) is 0 Å². The van der Waals surface area contributed by atoms with Gasteiger partial charge in [0.1, 0.15) is 0 Å². The lowest BCUT2D eigenvalue weighted by atomic mass is 9.99. The zero-order valence-corrected chi connectivity index (χ0v) is 27.3. The lowest BCUT2D eigenvalue weighted by Crippen LogP contribution is -1.96. The van der Waals surface area contributed by atoms with Crippen LogP contribution >= 0.6 is 11.3 Å². The Hall–Kier alpha value is -6.23. The molecule has 0 amide bonds. The van der Waals surface area contributed by atoms with E-state index in [2.05, 4.69) is 157 Å². The first-order chi connectivity index (χ1) is 24.2. The van der Waals surface area contributed by atoms with E-state index >= 15 is 0 Å². The SMILES string of the molecule is c1ccc(-c2cccc(-c3cc(-c4ccc(-c5ccc6sc7ccccc7c6c5)cc4)nc(-c4ccc(-c5cccnc5)cc4)n3)c2)cc1. The van der Waals surface area contributed by atoms with Crippen LogP contribution in [0.1, 0.15) is 0 Å². The summed E-state index contributed by atoms with van der Waals surface area (Å²) in [6.07, 6.45) is 3.68. The van der Waals surface area contributed by atoms with E-state index in [1.54, 1.807) is 6.20 Å². The number of hydrogen-bond donors (Lipinski definition) is 0. The molecule has 0 saturated heterocycles. The van der Waals surface area contributed by atoms with E-state index in [0.717, 1.165) is 44.8 Å². The highest BCUT2D eigenvalue weighted by molar-refractivity contribution is 7.25. The van der Waals surface area contributed by atoms with Crippen molar-refractivity contribution in [2.24, 2.45) is 0 Å². The van der Waals surface area contributed by atoms with Crippen molar-refractivity contribution in [1.82, 2.24) is 15.0 Å². The summed E-state index contributed by atoms with van der Waals surface area (Å²) in [4.78, 5) is 14.5. The van der Waals surface area contributed by atoms with Crippen LogP contribution in [0.2, 0.25) is 0 Å². The van der Waals surface area contributed by atoms with Crippen molar-refractivity contribution in [3.05, 3.63) is 176 Å². The van der Waals surface area contributed by atoms with Crippen LogP contribution in [0, 0.1) is 0 Å². The summed E-state index contributed by atoms with van der Waals surface area (Å²) < 4.78 is 2.63. The highest BCUT2D eigenvalue weighted by Gasteiger charge is 2.13. The van der Waals surface area contributed by atoms with Crippen molar-refractivity contribution in [3.8, 4) is 67.3 Å². The third-order valence-corrected chi connectivity index (χ3v) is 10.2. The van der Waals surface area contributed by atoms with Crippen LogP contribution < -0.4 is 0 Å². The minimum atomic E-state index is 0.689. The molecule has 4 heteroatoms. The first-order valence-electron chi connectivity index (χ1n) is 16.3. The summed E-state index contributed by atoms with van der Waals surface area (Å²) in [7, 11) is 0. The van der Waals surface area contributed by atoms with Gasteiger partial charge >= 0.3 is 0 Å². The van der Waals surface area contributed by atoms with Crippen LogP contribution in [0.25, 0.3) is 87.5 Å². The first-order valence-corrected chi connectivity index (χ1v) is 17.1. The predicted octanol–water partition coefficient (Wildman–Crippen LogP) is 12.2. The highest BCUT2D eigenvalue weighted by Crippen LogP contribution is 2.37. The van der Waals surface area contributed by atoms with Gasteiger partial charge in [0, 0.05) is 49.3 Å². The lowest BCUT2D eigenvalue weighted by Gasteiger charge is -2.12. The number of rotatable bonds is 6. The van der Waals surface area contributed by atoms with Crippen LogP contribution in [0.3, 0.4) is 0 Å². The first kappa shape index (κ1) is 29.0. The number of nitrogens with zero attached hydrogens (tertiary/aromatic N) is 3. The van der Waals surface area contributed by atoms with E-state index in [1.807, 2.05) is 29.7 Å². The minimum Gasteiger partial charge on any atom is -0.264 e. The lowest BCUT2D eigenvalue weighted by molar-refractivity contribution is 1.18. The maximum Gasteiger partial charge on any atom is 0.160 e. The maximum absolute atomic E-state index is 5.13. The van der Waals surface area contributed by atoms with Gasteiger partial charge < -0.3 is 0 Å². The Labute approximate surface area is 288 Å². The van der Waals surface area contributed by atoms with Gasteiger partial charge in [0.15, 0.2) is 5.82 Å². The molecular formula is C45H29N3S. The second-order valence-electron chi connectivity index (χ2n) is 12.1. The van der Waals surface area contributed by atoms with Gasteiger partial charge in [-0.05, 0) is 69.8 Å². The number of hydrogen-bond acceptors (Lipinski definition) is 4. The van der Waals surface area contributed by atoms with E-state index < -0.39 is 0 Å². The summed E-state index contributed by atoms with van der Waals surface area (Å²) in [6, 6.07) is 57.8. The zero-order chi connectivity index (χ0) is 32.6. The molecule has 0 radical (unpaired) electrons. The molecule has 9 aromatic rings. The average molecular weight is 644 g/mol. The Bertz CT molecular complexity index is 2570. The van der Waals surface area contributed by atoms with E-state index in [1.165, 1.54) is 36.9 Å². The number of fused-ring (bicyclic) bond motifs is 3. The fourth-order valence-corrected chi connectivity index (χ4v) is 7.53. The Kier molecular flexibility index (Phi) is 7.34. The van der Waals surface area contributed by atoms with Gasteiger partial charge in [-0.2, -0.15) is 0 Å². The topological polar surface area (TPSA) is 38.7 Å². The smallest absolute Gasteiger partial charge is 0.160 e. The predicted molar refractivity (Wildman–Crippen MR) is 205 cm³/mol. The number of aromatic nitrogens is 3. The minimum absolute atomic E-state index is 0.689. The molecule has 0 unspecified atom stereocenters. The fourth-order valence-electron chi connectivity index (χ4n) is 6.45. The average Bonchev–Trinajstić information content (AvgIpc) is 3.57. The molecule has 0 aliphatic heterocycles. The van der Waals surface area contributed by atoms with Crippen molar-refractivity contribution in [3.63, 3.8) is 0 Å². The summed E-state index contributed by atoms with van der Waals surface area (Å²) >= 11 is 1.85. The standard InChI is InChI=1S/C45H29N3S/c1-2-8-30(9-3-1)35-10-6-11-37(26-35)42-28-41(47-45(48-42)34-21-17-32(18-22-34)38-12-7-25-46-29-38)33-19-15-31(16-20-33)36-23-24-44-40(27-36)39-13-4-5-14-43(39)49-44/h1-29H. The van der Waals surface area contributed by atoms with Gasteiger partial charge in [-0.3, -0.25) is 4.98 Å². The molecule has 0 atom stereocenters. The molecule has 6 aromatic carbocycles. The second-order valence-corrected chi connectivity index (χ2v) is 13.2. The van der Waals surface area contributed by atoms with E-state index in [-0.39, 0.29) is 0 Å². The van der Waals surface area contributed by atoms with E-state index in [9.17, 15) is 0 Å². The summed E-state index contributed by atoms with van der Waals surface area (Å²) in [5.41, 5.74) is 11.7. The Morgan fingerprint density at radius 3 is 1.71 bits per heavy atom. The third kappa shape index (κ3) is 5.69. The molecule has 3 nitrogen and oxygen atoms in total. The van der Waals surface area contributed by atoms with Crippen LogP contribution in [-0.2, 0) is 0 Å². The molecular weight excluding hydrogens is 615 g/mol. The van der Waals surface area contributed by atoms with Gasteiger partial charge in [-0.15, -0.1) is 11.3 Å². The molecule has 3 aromatic heterocycles. The molecule has 230 valence electrons. The van der Waals surface area contributed by atoms with Crippen LogP contribution in [0.5, 0.6) is 0 Å². The van der Waals surface area contributed by atoms with Crippen LogP contribution in [0.15, 0.2) is 176 Å². The molecule has 0 N–H and O–H groups in total. The Balaban J connectivity index is 1.12. The van der Waals surface area contributed by atoms with Crippen molar-refractivity contribution in [2.75, 3.05) is 0 Å². The second kappa shape index (κ2) is 12.4. The Morgan fingerprint density at radius 1 is 0.347 bits per heavy atom. The van der Waals surface area contributed by atoms with Gasteiger partial charge in [-0.1, -0.05) is 127 Å². The van der Waals surface area contributed by atoms with Gasteiger partial charge in [-0.25, -0.2) is 9.97 Å². The van der Waals surface area contributed by atoms with Gasteiger partial charge in [0.25, 0.3) is 0 Å². The number of thiophene rings is 1. The van der Waals surface area contributed by atoms with Crippen LogP contribution in [0.4, 0.5) is 0 Å². The van der Waals surface area contributed by atoms with Crippen molar-refractivity contribution < 1.29 is 0 Å². The molecule has 0 spiro atoms. The molecule has 0 fully saturated rings. The summed E-state index contributed by atoms with van der Waals surface area (Å²) in [5, 5.41) is 2.62. The molecule has 0 bridgehead atoms. The van der Waals surface area contributed by atoms with Crippen LogP contribution in [-0.4, -0.2) is 15.0 Å². The van der Waals surface area contributed by atoms with Crippen molar-refractivity contribution in [2.45, 2.75) is 0 Å². The highest BCUT2D eigenvalue weighted by atomic mass is 32.1. The van der Waals surface area contributed by atoms with E-state index in [4.69, 9.17) is 9.97 Å². The molecule has 3 heterocycles. The zero-order valence-electron chi connectivity index (χ0n) is 26.5. The largest absolute Gasteiger partial charge is 0.264 e. The molecule has 0 saturated carbocycles. The molecule has 0 aliphatic carbocycles. The monoisotopic (exact) mass is 643 g/mol. The molecule has 49 heavy (non-hydrogen) atoms. The van der Waals surface area contributed by atoms with Gasteiger partial charge in [0.05, 0.1) is 11.4 Å². The fraction of sp³-hybridized carbons (Fsp3) is 0. The summed E-state index contributed by atoms with van der Waals surface area (Å²) in [5.74, 6) is 0.689. The van der Waals surface area contributed by atoms with E-state index in [0.29, 0.717) is 5.82 Å². The quantitative estimate of drug-likeness (QED) is 0.181. The summed E-state index contributed by atoms with van der Waals surface area (Å²) in [6.45, 7) is 0. The van der Waals surface area contributed by atoms with Crippen molar-refractivity contribution >= 4 is 31.5 Å². The normalized spacial score (nSPS) is 11.3. The Morgan fingerprint density at radius 2 is 0.918 bits per heavy atom. The maximum atomic E-state index is 5.13. The van der Waals surface area contributed by atoms with Crippen molar-refractivity contribution in [1.29, 1.82) is 0 Å². The molecule has 0 aliphatic rings.